The molecule has 1 saturated carbocycles. The highest BCUT2D eigenvalue weighted by Crippen LogP contribution is 2.45. The summed E-state index contributed by atoms with van der Waals surface area (Å²) < 4.78 is 36.1. The van der Waals surface area contributed by atoms with Gasteiger partial charge in [0.1, 0.15) is 12.4 Å². The van der Waals surface area contributed by atoms with Gasteiger partial charge in [0.25, 0.3) is 5.91 Å². The van der Waals surface area contributed by atoms with Crippen molar-refractivity contribution < 1.29 is 17.9 Å². The highest BCUT2D eigenvalue weighted by molar-refractivity contribution is 7.90. The van der Waals surface area contributed by atoms with Crippen LogP contribution in [0.4, 0.5) is 5.69 Å². The summed E-state index contributed by atoms with van der Waals surface area (Å²) >= 11 is 6.41. The first kappa shape index (κ1) is 37.0. The third-order valence-corrected chi connectivity index (χ3v) is 15.2. The molecule has 1 aliphatic carbocycles. The zero-order valence-electron chi connectivity index (χ0n) is 30.9. The van der Waals surface area contributed by atoms with E-state index in [1.54, 1.807) is 13.0 Å². The van der Waals surface area contributed by atoms with Gasteiger partial charge in [0.2, 0.25) is 10.0 Å². The first-order valence-electron chi connectivity index (χ1n) is 19.5. The molecule has 5 aliphatic rings. The Morgan fingerprint density at radius 2 is 1.73 bits per heavy atom. The average molecular weight is 740 g/mol. The first-order valence-corrected chi connectivity index (χ1v) is 21.5. The minimum absolute atomic E-state index is 0.0589. The van der Waals surface area contributed by atoms with Gasteiger partial charge in [-0.25, -0.2) is 13.1 Å². The van der Waals surface area contributed by atoms with Crippen LogP contribution in [0.2, 0.25) is 5.02 Å². The number of likely N-dealkylation sites (N-methyl/N-ethyl adjacent to an activating group) is 1. The van der Waals surface area contributed by atoms with E-state index in [1.807, 2.05) is 25.1 Å². The van der Waals surface area contributed by atoms with Gasteiger partial charge in [0.15, 0.2) is 0 Å². The number of piperazine rings is 2. The summed E-state index contributed by atoms with van der Waals surface area (Å²) in [5, 5.41) is 0.0665. The summed E-state index contributed by atoms with van der Waals surface area (Å²) in [4.78, 5) is 24.0. The molecule has 1 amide bonds. The number of sulfonamides is 1. The largest absolute Gasteiger partial charge is 0.487 e. The van der Waals surface area contributed by atoms with Crippen molar-refractivity contribution in [2.45, 2.75) is 83.1 Å². The molecule has 280 valence electrons. The van der Waals surface area contributed by atoms with Gasteiger partial charge < -0.3 is 19.4 Å². The zero-order chi connectivity index (χ0) is 35.7. The molecule has 9 nitrogen and oxygen atoms in total. The van der Waals surface area contributed by atoms with E-state index in [9.17, 15) is 13.2 Å². The van der Waals surface area contributed by atoms with Gasteiger partial charge in [-0.3, -0.25) is 9.69 Å². The second kappa shape index (κ2) is 15.9. The van der Waals surface area contributed by atoms with Gasteiger partial charge in [-0.2, -0.15) is 0 Å². The lowest BCUT2D eigenvalue weighted by Crippen LogP contribution is -2.62. The van der Waals surface area contributed by atoms with E-state index in [-0.39, 0.29) is 5.92 Å². The number of ether oxygens (including phenoxy) is 1. The van der Waals surface area contributed by atoms with E-state index in [2.05, 4.69) is 43.5 Å². The van der Waals surface area contributed by atoms with Gasteiger partial charge in [-0.15, -0.1) is 0 Å². The molecule has 2 aromatic carbocycles. The number of halogens is 1. The predicted molar refractivity (Wildman–Crippen MR) is 205 cm³/mol. The van der Waals surface area contributed by atoms with E-state index < -0.39 is 21.2 Å². The van der Waals surface area contributed by atoms with Crippen molar-refractivity contribution in [2.75, 3.05) is 70.9 Å². The molecule has 4 heterocycles. The molecule has 0 spiro atoms. The fraction of sp³-hybridized carbons (Fsp3) is 0.675. The summed E-state index contributed by atoms with van der Waals surface area (Å²) in [6.45, 7) is 14.0. The number of nitrogens with one attached hydrogen (secondary N) is 1. The number of hydrogen-bond donors (Lipinski definition) is 1. The van der Waals surface area contributed by atoms with Crippen molar-refractivity contribution in [3.63, 3.8) is 0 Å². The molecular weight excluding hydrogens is 682 g/mol. The van der Waals surface area contributed by atoms with Crippen LogP contribution < -0.4 is 14.4 Å². The fourth-order valence-electron chi connectivity index (χ4n) is 9.44. The van der Waals surface area contributed by atoms with E-state index in [0.717, 1.165) is 113 Å². The molecule has 4 aliphatic heterocycles. The number of carbonyl (C=O) groups excluding carboxylic acids is 1. The summed E-state index contributed by atoms with van der Waals surface area (Å²) in [6.07, 6.45) is 8.35. The summed E-state index contributed by atoms with van der Waals surface area (Å²) in [7, 11) is -1.62. The maximum atomic E-state index is 13.6. The van der Waals surface area contributed by atoms with Crippen molar-refractivity contribution in [3.8, 4) is 5.75 Å². The Balaban J connectivity index is 1.19. The summed E-state index contributed by atoms with van der Waals surface area (Å²) in [6, 6.07) is 12.1. The van der Waals surface area contributed by atoms with Crippen LogP contribution >= 0.6 is 11.6 Å². The average Bonchev–Trinajstić information content (AvgIpc) is 3.12. The molecule has 3 fully saturated rings. The smallest absolute Gasteiger partial charge is 0.264 e. The lowest BCUT2D eigenvalue weighted by Gasteiger charge is -2.49. The fourth-order valence-corrected chi connectivity index (χ4v) is 10.9. The number of nitrogens with zero attached hydrogens (tertiary/aromatic N) is 4. The summed E-state index contributed by atoms with van der Waals surface area (Å²) in [5.41, 5.74) is 3.56. The van der Waals surface area contributed by atoms with Gasteiger partial charge in [0, 0.05) is 75.5 Å². The molecule has 0 radical (unpaired) electrons. The summed E-state index contributed by atoms with van der Waals surface area (Å²) in [5.74, 6) is 1.85. The first-order chi connectivity index (χ1) is 24.5. The Morgan fingerprint density at radius 3 is 2.55 bits per heavy atom. The predicted octanol–water partition coefficient (Wildman–Crippen LogP) is 5.90. The van der Waals surface area contributed by atoms with Gasteiger partial charge in [-0.1, -0.05) is 31.0 Å². The minimum atomic E-state index is -3.87. The van der Waals surface area contributed by atoms with Crippen LogP contribution in [0.15, 0.2) is 36.4 Å². The topological polar surface area (TPSA) is 85.4 Å². The molecule has 1 N–H and O–H groups in total. The minimum Gasteiger partial charge on any atom is -0.487 e. The third kappa shape index (κ3) is 8.56. The van der Waals surface area contributed by atoms with Crippen LogP contribution in [0.3, 0.4) is 0 Å². The van der Waals surface area contributed by atoms with Gasteiger partial charge >= 0.3 is 0 Å². The second-order valence-corrected chi connectivity index (χ2v) is 18.8. The standard InChI is InChI=1S/C40H58ClN5O4S/c1-28-7-6-9-32(23-44-18-20-45-19-17-43(3)25-36(45)26-44)37-14-11-33(37)24-46-16-5-4-8-30-21-35(41)13-10-34(30)27-50-39-15-12-31(22-38(39)46)40(47)42-51(48,49)29(28)2/h10,12-13,15,21-22,28-29,32-33,36-37H,4-9,11,14,16-20,23-27H2,1-3H3,(H,42,47)/t28-,29+,32+,33-,36-,37-/m0/s1. The van der Waals surface area contributed by atoms with Crippen molar-refractivity contribution >= 4 is 33.2 Å². The highest BCUT2D eigenvalue weighted by atomic mass is 35.5. The van der Waals surface area contributed by atoms with Crippen LogP contribution in [-0.4, -0.2) is 106 Å². The number of amides is 1. The molecule has 2 aromatic rings. The number of fused-ring (bicyclic) bond motifs is 4. The Kier molecular flexibility index (Phi) is 11.5. The number of hydrogen-bond acceptors (Lipinski definition) is 8. The molecule has 0 unspecified atom stereocenters. The normalized spacial score (nSPS) is 31.5. The number of benzene rings is 2. The molecule has 2 bridgehead atoms. The molecule has 0 aromatic heterocycles. The Labute approximate surface area is 311 Å². The number of carbonyl (C=O) groups is 1. The quantitative estimate of drug-likeness (QED) is 0.408. The van der Waals surface area contributed by atoms with E-state index in [4.69, 9.17) is 16.3 Å². The Morgan fingerprint density at radius 1 is 0.882 bits per heavy atom. The van der Waals surface area contributed by atoms with Crippen LogP contribution in [0, 0.1) is 23.7 Å². The molecule has 2 saturated heterocycles. The number of rotatable bonds is 2. The Bertz CT molecular complexity index is 1660. The lowest BCUT2D eigenvalue weighted by molar-refractivity contribution is -0.000865. The van der Waals surface area contributed by atoms with Crippen LogP contribution in [0.25, 0.3) is 0 Å². The highest BCUT2D eigenvalue weighted by Gasteiger charge is 2.40. The van der Waals surface area contributed by atoms with Crippen molar-refractivity contribution in [1.29, 1.82) is 0 Å². The van der Waals surface area contributed by atoms with Crippen molar-refractivity contribution in [1.82, 2.24) is 19.4 Å². The van der Waals surface area contributed by atoms with Crippen LogP contribution in [-0.2, 0) is 23.1 Å². The molecule has 11 heteroatoms. The molecule has 6 atom stereocenters. The van der Waals surface area contributed by atoms with Crippen LogP contribution in [0.1, 0.15) is 80.3 Å². The molecular formula is C40H58ClN5O4S. The lowest BCUT2D eigenvalue weighted by atomic mass is 9.65. The van der Waals surface area contributed by atoms with E-state index in [1.165, 1.54) is 24.9 Å². The molecule has 7 rings (SSSR count). The monoisotopic (exact) mass is 739 g/mol. The SMILES string of the molecule is C[C@@H]1[C@@H](C)CCC[C@H](CN2CCN3CCN(C)C[C@H]3C2)[C@@H]2CC[C@H]2CN2CCCCc3cc(Cl)ccc3COc3ccc(cc32)C(=O)NS1(=O)=O. The van der Waals surface area contributed by atoms with Gasteiger partial charge in [-0.05, 0) is 124 Å². The van der Waals surface area contributed by atoms with Crippen molar-refractivity contribution in [3.05, 3.63) is 58.1 Å². The second-order valence-electron chi connectivity index (χ2n) is 16.3. The van der Waals surface area contributed by atoms with E-state index in [0.29, 0.717) is 36.0 Å². The number of anilines is 1. The molecule has 51 heavy (non-hydrogen) atoms. The van der Waals surface area contributed by atoms with Gasteiger partial charge in [0.05, 0.1) is 10.9 Å². The maximum Gasteiger partial charge on any atom is 0.264 e. The zero-order valence-corrected chi connectivity index (χ0v) is 32.4. The maximum absolute atomic E-state index is 13.6. The van der Waals surface area contributed by atoms with E-state index >= 15 is 0 Å². The Hall–Kier alpha value is -2.37. The van der Waals surface area contributed by atoms with Crippen LogP contribution in [0.5, 0.6) is 5.75 Å². The van der Waals surface area contributed by atoms with Crippen molar-refractivity contribution in [2.24, 2.45) is 23.7 Å². The number of aryl methyl sites for hydroxylation is 1. The third-order valence-electron chi connectivity index (χ3n) is 13.0.